The number of halogens is 1. The number of likely N-dealkylation sites (tertiary alicyclic amines) is 1. The van der Waals surface area contributed by atoms with E-state index in [2.05, 4.69) is 9.62 Å². The zero-order valence-electron chi connectivity index (χ0n) is 15.9. The van der Waals surface area contributed by atoms with Crippen molar-refractivity contribution in [2.45, 2.75) is 23.8 Å². The molecule has 0 spiro atoms. The summed E-state index contributed by atoms with van der Waals surface area (Å²) in [7, 11) is 0.0423. The number of carbonyl (C=O) groups excluding carboxylic acids is 1. The lowest BCUT2D eigenvalue weighted by Gasteiger charge is -2.36. The molecule has 8 heteroatoms. The van der Waals surface area contributed by atoms with Crippen LogP contribution in [0.25, 0.3) is 0 Å². The Bertz CT molecular complexity index is 945. The van der Waals surface area contributed by atoms with Crippen LogP contribution in [0.2, 0.25) is 0 Å². The molecule has 2 aromatic carbocycles. The van der Waals surface area contributed by atoms with Crippen LogP contribution >= 0.6 is 0 Å². The second-order valence-electron chi connectivity index (χ2n) is 7.12. The predicted molar refractivity (Wildman–Crippen MR) is 106 cm³/mol. The Kier molecular flexibility index (Phi) is 6.00. The first-order chi connectivity index (χ1) is 13.3. The van der Waals surface area contributed by atoms with E-state index < -0.39 is 15.8 Å². The third-order valence-electron chi connectivity index (χ3n) is 4.94. The SMILES string of the molecule is CN(C)C1CCCN(C(=O)c2ccccc2NS(=O)(=O)c2ccc(F)cc2)C1. The summed E-state index contributed by atoms with van der Waals surface area (Å²) in [5.41, 5.74) is 0.511. The number of nitrogens with one attached hydrogen (secondary N) is 1. The van der Waals surface area contributed by atoms with Crippen molar-refractivity contribution in [1.29, 1.82) is 0 Å². The topological polar surface area (TPSA) is 69.7 Å². The van der Waals surface area contributed by atoms with Crippen molar-refractivity contribution in [3.8, 4) is 0 Å². The fraction of sp³-hybridized carbons (Fsp3) is 0.350. The van der Waals surface area contributed by atoms with Gasteiger partial charge in [0.15, 0.2) is 0 Å². The maximum atomic E-state index is 13.1. The standard InChI is InChI=1S/C20H24FN3O3S/c1-23(2)16-6-5-13-24(14-16)20(25)18-7-3-4-8-19(18)22-28(26,27)17-11-9-15(21)10-12-17/h3-4,7-12,16,22H,5-6,13-14H2,1-2H3. The van der Waals surface area contributed by atoms with Gasteiger partial charge < -0.3 is 9.80 Å². The number of para-hydroxylation sites is 1. The average Bonchev–Trinajstić information content (AvgIpc) is 2.68. The molecule has 1 aliphatic rings. The summed E-state index contributed by atoms with van der Waals surface area (Å²) in [6.07, 6.45) is 1.92. The molecule has 0 bridgehead atoms. The third kappa shape index (κ3) is 4.51. The number of likely N-dealkylation sites (N-methyl/N-ethyl adjacent to an activating group) is 1. The summed E-state index contributed by atoms with van der Waals surface area (Å²) in [5, 5.41) is 0. The molecule has 1 unspecified atom stereocenters. The van der Waals surface area contributed by atoms with Gasteiger partial charge in [0.2, 0.25) is 0 Å². The Morgan fingerprint density at radius 2 is 1.82 bits per heavy atom. The van der Waals surface area contributed by atoms with Crippen LogP contribution in [-0.4, -0.2) is 57.4 Å². The molecule has 28 heavy (non-hydrogen) atoms. The minimum atomic E-state index is -3.94. The van der Waals surface area contributed by atoms with E-state index in [4.69, 9.17) is 0 Å². The van der Waals surface area contributed by atoms with Gasteiger partial charge >= 0.3 is 0 Å². The van der Waals surface area contributed by atoms with Gasteiger partial charge in [0.25, 0.3) is 15.9 Å². The third-order valence-corrected chi connectivity index (χ3v) is 6.32. The average molecular weight is 405 g/mol. The van der Waals surface area contributed by atoms with E-state index in [-0.39, 0.29) is 22.5 Å². The normalized spacial score (nSPS) is 17.6. The summed E-state index contributed by atoms with van der Waals surface area (Å²) >= 11 is 0. The monoisotopic (exact) mass is 405 g/mol. The van der Waals surface area contributed by atoms with Gasteiger partial charge in [-0.05, 0) is 63.3 Å². The second-order valence-corrected chi connectivity index (χ2v) is 8.80. The minimum Gasteiger partial charge on any atom is -0.337 e. The van der Waals surface area contributed by atoms with Gasteiger partial charge in [-0.1, -0.05) is 12.1 Å². The largest absolute Gasteiger partial charge is 0.337 e. The molecular formula is C20H24FN3O3S. The van der Waals surface area contributed by atoms with Crippen LogP contribution in [-0.2, 0) is 10.0 Å². The van der Waals surface area contributed by atoms with Gasteiger partial charge in [-0.3, -0.25) is 9.52 Å². The zero-order chi connectivity index (χ0) is 20.3. The first-order valence-corrected chi connectivity index (χ1v) is 10.6. The zero-order valence-corrected chi connectivity index (χ0v) is 16.7. The molecule has 1 amide bonds. The van der Waals surface area contributed by atoms with E-state index >= 15 is 0 Å². The number of rotatable bonds is 5. The molecule has 1 fully saturated rings. The van der Waals surface area contributed by atoms with Crippen molar-refractivity contribution >= 4 is 21.6 Å². The van der Waals surface area contributed by atoms with Crippen molar-refractivity contribution in [2.24, 2.45) is 0 Å². The Balaban J connectivity index is 1.85. The summed E-state index contributed by atoms with van der Waals surface area (Å²) < 4.78 is 40.8. The van der Waals surface area contributed by atoms with Crippen LogP contribution in [0.1, 0.15) is 23.2 Å². The van der Waals surface area contributed by atoms with Gasteiger partial charge in [0, 0.05) is 19.1 Å². The lowest BCUT2D eigenvalue weighted by molar-refractivity contribution is 0.0636. The minimum absolute atomic E-state index is 0.0678. The van der Waals surface area contributed by atoms with E-state index in [9.17, 15) is 17.6 Å². The van der Waals surface area contributed by atoms with Crippen molar-refractivity contribution in [2.75, 3.05) is 31.9 Å². The van der Waals surface area contributed by atoms with E-state index in [0.29, 0.717) is 18.7 Å². The van der Waals surface area contributed by atoms with Crippen molar-refractivity contribution in [3.63, 3.8) is 0 Å². The fourth-order valence-corrected chi connectivity index (χ4v) is 4.39. The van der Waals surface area contributed by atoms with Gasteiger partial charge in [-0.25, -0.2) is 12.8 Å². The molecule has 1 heterocycles. The Labute approximate surface area is 165 Å². The molecule has 2 aromatic rings. The van der Waals surface area contributed by atoms with Crippen molar-refractivity contribution in [1.82, 2.24) is 9.80 Å². The second kappa shape index (κ2) is 8.28. The first-order valence-electron chi connectivity index (χ1n) is 9.11. The smallest absolute Gasteiger partial charge is 0.261 e. The van der Waals surface area contributed by atoms with Crippen LogP contribution in [0.4, 0.5) is 10.1 Å². The summed E-state index contributed by atoms with van der Waals surface area (Å²) in [4.78, 5) is 16.9. The van der Waals surface area contributed by atoms with E-state index in [1.807, 2.05) is 14.1 Å². The molecule has 0 saturated carbocycles. The molecular weight excluding hydrogens is 381 g/mol. The molecule has 1 N–H and O–H groups in total. The van der Waals surface area contributed by atoms with Gasteiger partial charge in [0.05, 0.1) is 16.1 Å². The van der Waals surface area contributed by atoms with Gasteiger partial charge in [-0.2, -0.15) is 0 Å². The lowest BCUT2D eigenvalue weighted by Crippen LogP contribution is -2.47. The Morgan fingerprint density at radius 3 is 2.50 bits per heavy atom. The first kappa shape index (κ1) is 20.3. The van der Waals surface area contributed by atoms with Gasteiger partial charge in [0.1, 0.15) is 5.82 Å². The number of hydrogen-bond donors (Lipinski definition) is 1. The Morgan fingerprint density at radius 1 is 1.14 bits per heavy atom. The predicted octanol–water partition coefficient (Wildman–Crippen LogP) is 2.79. The Hall–Kier alpha value is -2.45. The maximum Gasteiger partial charge on any atom is 0.261 e. The number of nitrogens with zero attached hydrogens (tertiary/aromatic N) is 2. The number of piperidine rings is 1. The summed E-state index contributed by atoms with van der Waals surface area (Å²) in [6.45, 7) is 1.24. The molecule has 1 aliphatic heterocycles. The van der Waals surface area contributed by atoms with E-state index in [0.717, 1.165) is 25.0 Å². The number of anilines is 1. The molecule has 1 atom stereocenters. The summed E-state index contributed by atoms with van der Waals surface area (Å²) in [6, 6.07) is 11.4. The quantitative estimate of drug-likeness (QED) is 0.831. The number of benzene rings is 2. The lowest BCUT2D eigenvalue weighted by atomic mass is 10.0. The summed E-state index contributed by atoms with van der Waals surface area (Å²) in [5.74, 6) is -0.723. The van der Waals surface area contributed by atoms with Crippen molar-refractivity contribution < 1.29 is 17.6 Å². The van der Waals surface area contributed by atoms with Crippen LogP contribution in [0, 0.1) is 5.82 Å². The molecule has 150 valence electrons. The molecule has 0 radical (unpaired) electrons. The van der Waals surface area contributed by atoms with Crippen LogP contribution in [0.5, 0.6) is 0 Å². The number of amides is 1. The van der Waals surface area contributed by atoms with Crippen molar-refractivity contribution in [3.05, 3.63) is 59.9 Å². The molecule has 0 aliphatic carbocycles. The highest BCUT2D eigenvalue weighted by Gasteiger charge is 2.27. The number of sulfonamides is 1. The number of hydrogen-bond acceptors (Lipinski definition) is 4. The molecule has 6 nitrogen and oxygen atoms in total. The fourth-order valence-electron chi connectivity index (χ4n) is 3.31. The molecule has 1 saturated heterocycles. The highest BCUT2D eigenvalue weighted by Crippen LogP contribution is 2.24. The van der Waals surface area contributed by atoms with E-state index in [1.165, 1.54) is 12.1 Å². The molecule has 3 rings (SSSR count). The van der Waals surface area contributed by atoms with E-state index in [1.54, 1.807) is 29.2 Å². The highest BCUT2D eigenvalue weighted by molar-refractivity contribution is 7.92. The van der Waals surface area contributed by atoms with Gasteiger partial charge in [-0.15, -0.1) is 0 Å². The highest BCUT2D eigenvalue weighted by atomic mass is 32.2. The van der Waals surface area contributed by atoms with Crippen LogP contribution in [0.15, 0.2) is 53.4 Å². The number of carbonyl (C=O) groups is 1. The maximum absolute atomic E-state index is 13.1. The van der Waals surface area contributed by atoms with Crippen LogP contribution in [0.3, 0.4) is 0 Å². The van der Waals surface area contributed by atoms with Crippen LogP contribution < -0.4 is 4.72 Å². The molecule has 0 aromatic heterocycles.